The number of carbonyl (C=O) groups is 2. The first kappa shape index (κ1) is 40.6. The first-order chi connectivity index (χ1) is 16.5. The van der Waals surface area contributed by atoms with Gasteiger partial charge in [0.2, 0.25) is 5.91 Å². The molecule has 2 rings (SSSR count). The average molecular weight is 490 g/mol. The topological polar surface area (TPSA) is 46.2 Å². The lowest BCUT2D eigenvalue weighted by Gasteiger charge is -2.21. The lowest BCUT2D eigenvalue weighted by molar-refractivity contribution is -0.123. The van der Waals surface area contributed by atoms with E-state index in [1.165, 1.54) is 31.6 Å². The third-order valence-corrected chi connectivity index (χ3v) is 4.78. The molecule has 0 aliphatic heterocycles. The van der Waals surface area contributed by atoms with E-state index >= 15 is 0 Å². The molecule has 3 nitrogen and oxygen atoms in total. The molecule has 1 aliphatic carbocycles. The predicted octanol–water partition coefficient (Wildman–Crippen LogP) is 9.70. The van der Waals surface area contributed by atoms with Crippen molar-refractivity contribution in [1.29, 1.82) is 0 Å². The SMILES string of the molecule is CC.CC.CC(=O)C1CCC1.CC(C)(C)C.CCCCc1ccc(NC(=O)C(C)CC)cc1.[B]C. The molecule has 1 unspecified atom stereocenters. The summed E-state index contributed by atoms with van der Waals surface area (Å²) in [7, 11) is 4.50. The van der Waals surface area contributed by atoms with E-state index in [0.717, 1.165) is 31.4 Å². The molecule has 1 aromatic carbocycles. The summed E-state index contributed by atoms with van der Waals surface area (Å²) in [5, 5.41) is 2.94. The van der Waals surface area contributed by atoms with Crippen molar-refractivity contribution in [1.82, 2.24) is 0 Å². The highest BCUT2D eigenvalue weighted by atomic mass is 16.1. The molecule has 204 valence electrons. The molecule has 1 aliphatic rings. The van der Waals surface area contributed by atoms with Crippen LogP contribution in [0.2, 0.25) is 6.82 Å². The van der Waals surface area contributed by atoms with Gasteiger partial charge in [0, 0.05) is 17.5 Å². The summed E-state index contributed by atoms with van der Waals surface area (Å²) < 4.78 is 0. The van der Waals surface area contributed by atoms with Gasteiger partial charge in [0.05, 0.1) is 7.85 Å². The van der Waals surface area contributed by atoms with Gasteiger partial charge >= 0.3 is 0 Å². The van der Waals surface area contributed by atoms with Crippen LogP contribution in [0.4, 0.5) is 5.69 Å². The molecule has 0 aromatic heterocycles. The van der Waals surface area contributed by atoms with E-state index in [4.69, 9.17) is 0 Å². The normalized spacial score (nSPS) is 12.4. The Morgan fingerprint density at radius 3 is 1.66 bits per heavy atom. The van der Waals surface area contributed by atoms with Crippen LogP contribution in [0.3, 0.4) is 0 Å². The molecule has 0 bridgehead atoms. The van der Waals surface area contributed by atoms with Gasteiger partial charge in [-0.2, -0.15) is 0 Å². The van der Waals surface area contributed by atoms with Crippen LogP contribution in [-0.4, -0.2) is 19.5 Å². The van der Waals surface area contributed by atoms with E-state index in [2.05, 4.69) is 59.9 Å². The van der Waals surface area contributed by atoms with Crippen LogP contribution in [0.1, 0.15) is 127 Å². The quantitative estimate of drug-likeness (QED) is 0.387. The Morgan fingerprint density at radius 1 is 0.971 bits per heavy atom. The Hall–Kier alpha value is -1.58. The number of anilines is 1. The minimum Gasteiger partial charge on any atom is -0.326 e. The Morgan fingerprint density at radius 2 is 1.40 bits per heavy atom. The van der Waals surface area contributed by atoms with Gasteiger partial charge in [-0.3, -0.25) is 9.59 Å². The maximum Gasteiger partial charge on any atom is 0.227 e. The van der Waals surface area contributed by atoms with E-state index < -0.39 is 0 Å². The third kappa shape index (κ3) is 28.5. The minimum atomic E-state index is 0.0785. The summed E-state index contributed by atoms with van der Waals surface area (Å²) >= 11 is 0. The van der Waals surface area contributed by atoms with Gasteiger partial charge in [0.1, 0.15) is 5.78 Å². The minimum absolute atomic E-state index is 0.0785. The second kappa shape index (κ2) is 27.0. The molecular formula is C31H60BNO2. The van der Waals surface area contributed by atoms with Crippen molar-refractivity contribution in [3.05, 3.63) is 29.8 Å². The van der Waals surface area contributed by atoms with Crippen molar-refractivity contribution in [3.8, 4) is 0 Å². The number of ketones is 1. The molecule has 35 heavy (non-hydrogen) atoms. The summed E-state index contributed by atoms with van der Waals surface area (Å²) in [5.74, 6) is 1.01. The van der Waals surface area contributed by atoms with Crippen molar-refractivity contribution < 1.29 is 9.59 Å². The number of hydrogen-bond donors (Lipinski definition) is 1. The Labute approximate surface area is 222 Å². The number of hydrogen-bond acceptors (Lipinski definition) is 2. The highest BCUT2D eigenvalue weighted by molar-refractivity contribution is 6.05. The third-order valence-electron chi connectivity index (χ3n) is 4.78. The van der Waals surface area contributed by atoms with Crippen LogP contribution >= 0.6 is 0 Å². The molecule has 0 spiro atoms. The van der Waals surface area contributed by atoms with Gasteiger partial charge < -0.3 is 5.32 Å². The Balaban J connectivity index is -0.000000220. The lowest BCUT2D eigenvalue weighted by atomic mass is 9.83. The van der Waals surface area contributed by atoms with Crippen molar-refractivity contribution in [2.24, 2.45) is 17.3 Å². The van der Waals surface area contributed by atoms with E-state index in [0.29, 0.717) is 17.1 Å². The zero-order valence-electron chi connectivity index (χ0n) is 25.8. The van der Waals surface area contributed by atoms with Gasteiger partial charge in [0.25, 0.3) is 0 Å². The summed E-state index contributed by atoms with van der Waals surface area (Å²) in [6.45, 7) is 26.1. The highest BCUT2D eigenvalue weighted by Gasteiger charge is 2.20. The predicted molar refractivity (Wildman–Crippen MR) is 161 cm³/mol. The summed E-state index contributed by atoms with van der Waals surface area (Å²) in [6, 6.07) is 8.18. The zero-order valence-corrected chi connectivity index (χ0v) is 25.8. The van der Waals surface area contributed by atoms with Crippen molar-refractivity contribution in [2.45, 2.75) is 135 Å². The summed E-state index contributed by atoms with van der Waals surface area (Å²) in [4.78, 5) is 22.1. The van der Waals surface area contributed by atoms with Gasteiger partial charge in [-0.15, -0.1) is 0 Å². The van der Waals surface area contributed by atoms with E-state index in [9.17, 15) is 9.59 Å². The first-order valence-electron chi connectivity index (χ1n) is 14.0. The molecule has 1 saturated carbocycles. The van der Waals surface area contributed by atoms with Crippen LogP contribution < -0.4 is 5.32 Å². The molecule has 0 saturated heterocycles. The molecular weight excluding hydrogens is 429 g/mol. The Kier molecular flexibility index (Phi) is 31.3. The maximum atomic E-state index is 11.7. The molecule has 1 N–H and O–H groups in total. The van der Waals surface area contributed by atoms with Crippen molar-refractivity contribution in [3.63, 3.8) is 0 Å². The molecule has 0 heterocycles. The molecule has 1 aromatic rings. The standard InChI is InChI=1S/C15H23NO.C6H10O.C5H12.2C2H6.CH3B/c1-4-6-7-13-8-10-14(11-9-13)16-15(17)12(3)5-2;1-5(7)6-3-2-4-6;1-5(2,3)4;3*1-2/h8-12H,4-7H2,1-3H3,(H,16,17);6H,2-4H2,1H3;1-4H3;2*1-2H3;1H3. The number of nitrogens with one attached hydrogen (secondary N) is 1. The largest absolute Gasteiger partial charge is 0.326 e. The van der Waals surface area contributed by atoms with Crippen LogP contribution in [0, 0.1) is 17.3 Å². The van der Waals surface area contributed by atoms with Crippen LogP contribution in [0.25, 0.3) is 0 Å². The number of rotatable bonds is 7. The van der Waals surface area contributed by atoms with Crippen LogP contribution in [-0.2, 0) is 16.0 Å². The number of aryl methyl sites for hydroxylation is 1. The second-order valence-electron chi connectivity index (χ2n) is 9.84. The summed E-state index contributed by atoms with van der Waals surface area (Å²) in [6.07, 6.45) is 8.00. The maximum absolute atomic E-state index is 11.7. The van der Waals surface area contributed by atoms with Crippen molar-refractivity contribution in [2.75, 3.05) is 5.32 Å². The lowest BCUT2D eigenvalue weighted by Crippen LogP contribution is -2.19. The monoisotopic (exact) mass is 489 g/mol. The van der Waals surface area contributed by atoms with Gasteiger partial charge in [-0.05, 0) is 62.1 Å². The molecule has 1 atom stereocenters. The number of Topliss-reactive ketones (excluding diaryl/α,β-unsaturated/α-hetero) is 1. The number of benzene rings is 1. The number of unbranched alkanes of at least 4 members (excludes halogenated alkanes) is 1. The van der Waals surface area contributed by atoms with Crippen molar-refractivity contribution >= 4 is 25.2 Å². The van der Waals surface area contributed by atoms with E-state index in [-0.39, 0.29) is 11.8 Å². The van der Waals surface area contributed by atoms with Crippen LogP contribution in [0.15, 0.2) is 24.3 Å². The second-order valence-corrected chi connectivity index (χ2v) is 9.84. The molecule has 4 heteroatoms. The van der Waals surface area contributed by atoms with Gasteiger partial charge in [-0.25, -0.2) is 0 Å². The smallest absolute Gasteiger partial charge is 0.227 e. The van der Waals surface area contributed by atoms with E-state index in [1.54, 1.807) is 6.92 Å². The van der Waals surface area contributed by atoms with Gasteiger partial charge in [0.15, 0.2) is 0 Å². The first-order valence-corrected chi connectivity index (χ1v) is 14.0. The van der Waals surface area contributed by atoms with Gasteiger partial charge in [-0.1, -0.05) is 108 Å². The highest BCUT2D eigenvalue weighted by Crippen LogP contribution is 2.26. The fraction of sp³-hybridized carbons (Fsp3) is 0.742. The molecule has 1 fully saturated rings. The Bertz CT molecular complexity index is 581. The van der Waals surface area contributed by atoms with E-state index in [1.807, 2.05) is 53.7 Å². The zero-order chi connectivity index (χ0) is 28.4. The molecule has 1 amide bonds. The number of carbonyl (C=O) groups excluding carboxylic acids is 2. The number of amides is 1. The fourth-order valence-corrected chi connectivity index (χ4v) is 2.40. The average Bonchev–Trinajstić information content (AvgIpc) is 2.80. The molecule has 2 radical (unpaired) electrons. The van der Waals surface area contributed by atoms with Crippen LogP contribution in [0.5, 0.6) is 0 Å². The summed E-state index contributed by atoms with van der Waals surface area (Å²) in [5.41, 5.74) is 2.74. The fourth-order valence-electron chi connectivity index (χ4n) is 2.40.